The number of nitrogens with zero attached hydrogens (tertiary/aromatic N) is 2. The second-order valence-corrected chi connectivity index (χ2v) is 6.45. The maximum absolute atomic E-state index is 13.1. The van der Waals surface area contributed by atoms with Gasteiger partial charge < -0.3 is 15.1 Å². The Labute approximate surface area is 148 Å². The zero-order valence-electron chi connectivity index (χ0n) is 14.6. The molecule has 0 saturated carbocycles. The highest BCUT2D eigenvalue weighted by atomic mass is 16.2. The largest absolute Gasteiger partial charge is 0.329 e. The lowest BCUT2D eigenvalue weighted by Crippen LogP contribution is -2.49. The third-order valence-electron chi connectivity index (χ3n) is 4.46. The summed E-state index contributed by atoms with van der Waals surface area (Å²) >= 11 is 0. The lowest BCUT2D eigenvalue weighted by atomic mass is 10.0. The van der Waals surface area contributed by atoms with Crippen LogP contribution in [-0.4, -0.2) is 48.3 Å². The summed E-state index contributed by atoms with van der Waals surface area (Å²) in [6, 6.07) is 17.3. The number of benzene rings is 2. The average Bonchev–Trinajstić information content (AvgIpc) is 2.61. The van der Waals surface area contributed by atoms with Gasteiger partial charge in [0.1, 0.15) is 0 Å². The number of anilines is 1. The summed E-state index contributed by atoms with van der Waals surface area (Å²) in [4.78, 5) is 28.6. The predicted octanol–water partition coefficient (Wildman–Crippen LogP) is 2.77. The molecule has 2 aromatic rings. The number of carbonyl (C=O) groups excluding carboxylic acids is 2. The third-order valence-corrected chi connectivity index (χ3v) is 4.46. The van der Waals surface area contributed by atoms with E-state index in [9.17, 15) is 9.59 Å². The molecule has 2 aromatic carbocycles. The van der Waals surface area contributed by atoms with Crippen molar-refractivity contribution in [3.63, 3.8) is 0 Å². The molecule has 1 N–H and O–H groups in total. The quantitative estimate of drug-likeness (QED) is 0.937. The van der Waals surface area contributed by atoms with Gasteiger partial charge in [-0.15, -0.1) is 0 Å². The van der Waals surface area contributed by atoms with E-state index in [0.29, 0.717) is 17.8 Å². The Hall–Kier alpha value is -2.66. The zero-order chi connectivity index (χ0) is 17.8. The lowest BCUT2D eigenvalue weighted by molar-refractivity contribution is -0.114. The maximum Gasteiger partial charge on any atom is 0.254 e. The zero-order valence-corrected chi connectivity index (χ0v) is 14.6. The van der Waals surface area contributed by atoms with Crippen molar-refractivity contribution in [2.45, 2.75) is 13.0 Å². The van der Waals surface area contributed by atoms with Gasteiger partial charge in [0.05, 0.1) is 6.04 Å². The maximum atomic E-state index is 13.1. The fourth-order valence-electron chi connectivity index (χ4n) is 3.22. The normalized spacial score (nSPS) is 18.0. The van der Waals surface area contributed by atoms with Crippen LogP contribution in [0.1, 0.15) is 28.9 Å². The summed E-state index contributed by atoms with van der Waals surface area (Å²) in [6.45, 7) is 3.79. The molecule has 0 bridgehead atoms. The van der Waals surface area contributed by atoms with E-state index >= 15 is 0 Å². The molecule has 1 unspecified atom stereocenters. The van der Waals surface area contributed by atoms with Gasteiger partial charge in [0.15, 0.2) is 0 Å². The number of likely N-dealkylation sites (N-methyl/N-ethyl adjacent to an activating group) is 1. The van der Waals surface area contributed by atoms with Crippen LogP contribution >= 0.6 is 0 Å². The number of carbonyl (C=O) groups is 2. The first kappa shape index (κ1) is 17.2. The molecule has 25 heavy (non-hydrogen) atoms. The Kier molecular flexibility index (Phi) is 5.14. The molecule has 1 heterocycles. The van der Waals surface area contributed by atoms with Gasteiger partial charge in [-0.25, -0.2) is 0 Å². The fourth-order valence-corrected chi connectivity index (χ4v) is 3.22. The standard InChI is InChI=1S/C20H23N3O2/c1-15(24)21-18-10-6-9-17(13-18)20(25)23-12-11-22(2)14-19(23)16-7-4-3-5-8-16/h3-10,13,19H,11-12,14H2,1-2H3,(H,21,24). The molecule has 3 rings (SSSR count). The highest BCUT2D eigenvalue weighted by Crippen LogP contribution is 2.27. The van der Waals surface area contributed by atoms with Gasteiger partial charge in [-0.1, -0.05) is 36.4 Å². The van der Waals surface area contributed by atoms with Crippen LogP contribution in [0.2, 0.25) is 0 Å². The van der Waals surface area contributed by atoms with Crippen molar-refractivity contribution < 1.29 is 9.59 Å². The molecule has 1 fully saturated rings. The van der Waals surface area contributed by atoms with Crippen LogP contribution in [0, 0.1) is 0 Å². The van der Waals surface area contributed by atoms with Gasteiger partial charge in [-0.3, -0.25) is 9.59 Å². The second kappa shape index (κ2) is 7.49. The minimum absolute atomic E-state index is 0.00541. The van der Waals surface area contributed by atoms with Crippen molar-refractivity contribution in [2.75, 3.05) is 32.0 Å². The number of hydrogen-bond donors (Lipinski definition) is 1. The van der Waals surface area contributed by atoms with Crippen LogP contribution in [0.3, 0.4) is 0 Å². The molecule has 0 aromatic heterocycles. The number of piperazine rings is 1. The van der Waals surface area contributed by atoms with E-state index in [1.807, 2.05) is 23.1 Å². The van der Waals surface area contributed by atoms with Crippen molar-refractivity contribution in [1.82, 2.24) is 9.80 Å². The second-order valence-electron chi connectivity index (χ2n) is 6.45. The summed E-state index contributed by atoms with van der Waals surface area (Å²) in [6.07, 6.45) is 0. The Bertz CT molecular complexity index is 761. The van der Waals surface area contributed by atoms with E-state index in [4.69, 9.17) is 0 Å². The lowest BCUT2D eigenvalue weighted by Gasteiger charge is -2.40. The highest BCUT2D eigenvalue weighted by molar-refractivity contribution is 5.97. The summed E-state index contributed by atoms with van der Waals surface area (Å²) in [5.74, 6) is -0.152. The van der Waals surface area contributed by atoms with Crippen LogP contribution in [0.4, 0.5) is 5.69 Å². The number of rotatable bonds is 3. The van der Waals surface area contributed by atoms with Crippen molar-refractivity contribution in [3.05, 3.63) is 65.7 Å². The summed E-state index contributed by atoms with van der Waals surface area (Å²) in [5, 5.41) is 2.74. The highest BCUT2D eigenvalue weighted by Gasteiger charge is 2.30. The average molecular weight is 337 g/mol. The topological polar surface area (TPSA) is 52.7 Å². The summed E-state index contributed by atoms with van der Waals surface area (Å²) < 4.78 is 0. The molecular formula is C20H23N3O2. The van der Waals surface area contributed by atoms with Crippen molar-refractivity contribution >= 4 is 17.5 Å². The van der Waals surface area contributed by atoms with Crippen LogP contribution < -0.4 is 5.32 Å². The van der Waals surface area contributed by atoms with E-state index < -0.39 is 0 Å². The van der Waals surface area contributed by atoms with Crippen LogP contribution in [-0.2, 0) is 4.79 Å². The van der Waals surface area contributed by atoms with Crippen LogP contribution in [0.15, 0.2) is 54.6 Å². The van der Waals surface area contributed by atoms with Gasteiger partial charge in [0.25, 0.3) is 5.91 Å². The molecule has 0 radical (unpaired) electrons. The molecular weight excluding hydrogens is 314 g/mol. The Morgan fingerprint density at radius 2 is 1.80 bits per heavy atom. The first-order valence-electron chi connectivity index (χ1n) is 8.46. The molecule has 1 aliphatic rings. The molecule has 5 nitrogen and oxygen atoms in total. The van der Waals surface area contributed by atoms with Crippen LogP contribution in [0.25, 0.3) is 0 Å². The monoisotopic (exact) mass is 337 g/mol. The molecule has 2 amide bonds. The molecule has 0 aliphatic carbocycles. The van der Waals surface area contributed by atoms with E-state index in [1.54, 1.807) is 24.3 Å². The Morgan fingerprint density at radius 1 is 1.04 bits per heavy atom. The number of nitrogens with one attached hydrogen (secondary N) is 1. The van der Waals surface area contributed by atoms with Crippen molar-refractivity contribution in [1.29, 1.82) is 0 Å². The molecule has 1 saturated heterocycles. The van der Waals surface area contributed by atoms with Gasteiger partial charge >= 0.3 is 0 Å². The fraction of sp³-hybridized carbons (Fsp3) is 0.300. The summed E-state index contributed by atoms with van der Waals surface area (Å²) in [7, 11) is 2.08. The molecule has 130 valence electrons. The number of hydrogen-bond acceptors (Lipinski definition) is 3. The first-order chi connectivity index (χ1) is 12.0. The van der Waals surface area contributed by atoms with E-state index in [0.717, 1.165) is 18.7 Å². The van der Waals surface area contributed by atoms with Crippen LogP contribution in [0.5, 0.6) is 0 Å². The molecule has 1 aliphatic heterocycles. The summed E-state index contributed by atoms with van der Waals surface area (Å²) in [5.41, 5.74) is 2.38. The van der Waals surface area contributed by atoms with Gasteiger partial charge in [0, 0.05) is 37.8 Å². The van der Waals surface area contributed by atoms with Gasteiger partial charge in [-0.05, 0) is 30.8 Å². The number of amides is 2. The van der Waals surface area contributed by atoms with Crippen molar-refractivity contribution in [3.8, 4) is 0 Å². The van der Waals surface area contributed by atoms with E-state index in [-0.39, 0.29) is 17.9 Å². The molecule has 0 spiro atoms. The predicted molar refractivity (Wildman–Crippen MR) is 98.5 cm³/mol. The van der Waals surface area contributed by atoms with E-state index in [1.165, 1.54) is 6.92 Å². The first-order valence-corrected chi connectivity index (χ1v) is 8.46. The Balaban J connectivity index is 1.87. The molecule has 5 heteroatoms. The van der Waals surface area contributed by atoms with Crippen molar-refractivity contribution in [2.24, 2.45) is 0 Å². The van der Waals surface area contributed by atoms with E-state index in [2.05, 4.69) is 29.4 Å². The van der Waals surface area contributed by atoms with Gasteiger partial charge in [-0.2, -0.15) is 0 Å². The Morgan fingerprint density at radius 3 is 2.52 bits per heavy atom. The molecule has 1 atom stereocenters. The SMILES string of the molecule is CC(=O)Nc1cccc(C(=O)N2CCN(C)CC2c2ccccc2)c1. The smallest absolute Gasteiger partial charge is 0.254 e. The minimum atomic E-state index is -0.147. The third kappa shape index (κ3) is 4.06. The van der Waals surface area contributed by atoms with Gasteiger partial charge in [0.2, 0.25) is 5.91 Å². The minimum Gasteiger partial charge on any atom is -0.329 e.